The lowest BCUT2D eigenvalue weighted by Gasteiger charge is -2.27. The van der Waals surface area contributed by atoms with Gasteiger partial charge in [0.1, 0.15) is 5.54 Å². The summed E-state index contributed by atoms with van der Waals surface area (Å²) in [5.74, 6) is -0.333. The van der Waals surface area contributed by atoms with E-state index >= 15 is 0 Å². The van der Waals surface area contributed by atoms with Gasteiger partial charge < -0.3 is 14.8 Å². The molecule has 0 heterocycles. The fraction of sp³-hybridized carbons (Fsp3) is 0.923. The summed E-state index contributed by atoms with van der Waals surface area (Å²) in [6.07, 6.45) is -3.55. The van der Waals surface area contributed by atoms with Crippen LogP contribution >= 0.6 is 0 Å². The summed E-state index contributed by atoms with van der Waals surface area (Å²) in [5.41, 5.74) is -0.752. The Labute approximate surface area is 117 Å². The minimum atomic E-state index is -4.14. The number of halogens is 3. The molecule has 20 heavy (non-hydrogen) atoms. The van der Waals surface area contributed by atoms with E-state index in [-0.39, 0.29) is 25.1 Å². The van der Waals surface area contributed by atoms with Crippen molar-refractivity contribution in [2.24, 2.45) is 0 Å². The third kappa shape index (κ3) is 4.94. The molecule has 0 aromatic heterocycles. The summed E-state index contributed by atoms with van der Waals surface area (Å²) in [7, 11) is 1.33. The molecule has 0 saturated heterocycles. The minimum Gasteiger partial charge on any atom is -0.468 e. The molecule has 0 aromatic carbocycles. The van der Waals surface area contributed by atoms with E-state index < -0.39 is 18.1 Å². The van der Waals surface area contributed by atoms with Gasteiger partial charge in [-0.1, -0.05) is 6.92 Å². The normalized spacial score (nSPS) is 26.8. The second-order valence-corrected chi connectivity index (χ2v) is 5.06. The van der Waals surface area contributed by atoms with Crippen LogP contribution in [0.5, 0.6) is 0 Å². The van der Waals surface area contributed by atoms with Crippen LogP contribution in [0.25, 0.3) is 0 Å². The fourth-order valence-corrected chi connectivity index (χ4v) is 2.62. The zero-order valence-corrected chi connectivity index (χ0v) is 11.9. The molecule has 0 aliphatic heterocycles. The molecule has 0 aromatic rings. The Hall–Kier alpha value is -0.820. The smallest absolute Gasteiger partial charge is 0.389 e. The number of hydrogen-bond donors (Lipinski definition) is 1. The van der Waals surface area contributed by atoms with Crippen molar-refractivity contribution in [1.29, 1.82) is 0 Å². The maximum atomic E-state index is 12.0. The molecule has 0 radical (unpaired) electrons. The van der Waals surface area contributed by atoms with Crippen LogP contribution in [0, 0.1) is 0 Å². The number of ether oxygens (including phenoxy) is 2. The number of rotatable bonds is 7. The molecule has 0 amide bonds. The predicted octanol–water partition coefficient (Wildman–Crippen LogP) is 2.42. The van der Waals surface area contributed by atoms with Crippen LogP contribution in [0.2, 0.25) is 0 Å². The summed E-state index contributed by atoms with van der Waals surface area (Å²) >= 11 is 0. The largest absolute Gasteiger partial charge is 0.468 e. The van der Waals surface area contributed by atoms with E-state index in [2.05, 4.69) is 5.32 Å². The van der Waals surface area contributed by atoms with E-state index in [1.54, 1.807) is 0 Å². The number of nitrogens with one attached hydrogen (secondary N) is 1. The molecule has 1 aliphatic carbocycles. The molecule has 1 rings (SSSR count). The van der Waals surface area contributed by atoms with E-state index in [1.165, 1.54) is 7.11 Å². The van der Waals surface area contributed by atoms with Crippen molar-refractivity contribution in [3.63, 3.8) is 0 Å². The highest BCUT2D eigenvalue weighted by atomic mass is 19.4. The van der Waals surface area contributed by atoms with Crippen LogP contribution in [0.4, 0.5) is 13.2 Å². The van der Waals surface area contributed by atoms with Crippen molar-refractivity contribution in [1.82, 2.24) is 5.32 Å². The lowest BCUT2D eigenvalue weighted by atomic mass is 9.97. The molecule has 1 fully saturated rings. The van der Waals surface area contributed by atoms with Crippen molar-refractivity contribution < 1.29 is 27.4 Å². The first-order chi connectivity index (χ1) is 9.33. The first-order valence-corrected chi connectivity index (χ1v) is 6.85. The maximum Gasteiger partial charge on any atom is 0.389 e. The Morgan fingerprint density at radius 1 is 1.45 bits per heavy atom. The van der Waals surface area contributed by atoms with Gasteiger partial charge >= 0.3 is 12.1 Å². The van der Waals surface area contributed by atoms with Crippen molar-refractivity contribution >= 4 is 5.97 Å². The molecule has 0 bridgehead atoms. The number of likely N-dealkylation sites (N-methyl/N-ethyl adjacent to an activating group) is 1. The van der Waals surface area contributed by atoms with Crippen LogP contribution in [0.15, 0.2) is 0 Å². The lowest BCUT2D eigenvalue weighted by Crippen LogP contribution is -2.51. The molecule has 2 unspecified atom stereocenters. The lowest BCUT2D eigenvalue weighted by molar-refractivity contribution is -0.148. The van der Waals surface area contributed by atoms with Gasteiger partial charge in [0.15, 0.2) is 0 Å². The van der Waals surface area contributed by atoms with Crippen LogP contribution in [0.3, 0.4) is 0 Å². The molecule has 7 heteroatoms. The van der Waals surface area contributed by atoms with E-state index in [0.29, 0.717) is 25.8 Å². The number of methoxy groups -OCH3 is 1. The number of alkyl halides is 3. The third-order valence-electron chi connectivity index (χ3n) is 3.52. The number of carbonyl (C=O) groups excluding carboxylic acids is 1. The van der Waals surface area contributed by atoms with Crippen LogP contribution in [0.1, 0.15) is 39.0 Å². The van der Waals surface area contributed by atoms with Crippen LogP contribution < -0.4 is 5.32 Å². The van der Waals surface area contributed by atoms with Crippen LogP contribution in [-0.2, 0) is 14.3 Å². The van der Waals surface area contributed by atoms with E-state index in [4.69, 9.17) is 9.47 Å². The van der Waals surface area contributed by atoms with E-state index in [1.807, 2.05) is 6.92 Å². The zero-order valence-electron chi connectivity index (χ0n) is 11.9. The molecular formula is C13H22F3NO3. The first kappa shape index (κ1) is 17.2. The van der Waals surface area contributed by atoms with Gasteiger partial charge in [0, 0.05) is 19.4 Å². The highest BCUT2D eigenvalue weighted by Gasteiger charge is 2.46. The highest BCUT2D eigenvalue weighted by molar-refractivity contribution is 5.81. The molecular weight excluding hydrogens is 275 g/mol. The second kappa shape index (κ2) is 7.26. The standard InChI is InChI=1S/C13H22F3NO3/c1-3-17-12(11(18)19-2)7-5-10(9-12)20-8-4-6-13(14,15)16/h10,17H,3-9H2,1-2H3. The maximum absolute atomic E-state index is 12.0. The van der Waals surface area contributed by atoms with Gasteiger partial charge in [0.2, 0.25) is 0 Å². The van der Waals surface area contributed by atoms with Gasteiger partial charge in [0.05, 0.1) is 13.2 Å². The third-order valence-corrected chi connectivity index (χ3v) is 3.52. The van der Waals surface area contributed by atoms with Crippen molar-refractivity contribution in [2.75, 3.05) is 20.3 Å². The fourth-order valence-electron chi connectivity index (χ4n) is 2.62. The van der Waals surface area contributed by atoms with Crippen molar-refractivity contribution in [2.45, 2.75) is 56.8 Å². The Morgan fingerprint density at radius 3 is 2.70 bits per heavy atom. The molecule has 0 spiro atoms. The Morgan fingerprint density at radius 2 is 2.15 bits per heavy atom. The highest BCUT2D eigenvalue weighted by Crippen LogP contribution is 2.33. The summed E-state index contributed by atoms with van der Waals surface area (Å²) in [6.45, 7) is 2.58. The molecule has 2 atom stereocenters. The SMILES string of the molecule is CCNC1(C(=O)OC)CCC(OCCCC(F)(F)F)C1. The van der Waals surface area contributed by atoms with Gasteiger partial charge in [0.25, 0.3) is 0 Å². The van der Waals surface area contributed by atoms with Gasteiger partial charge in [-0.15, -0.1) is 0 Å². The molecule has 1 N–H and O–H groups in total. The molecule has 1 aliphatic rings. The van der Waals surface area contributed by atoms with Crippen LogP contribution in [-0.4, -0.2) is 44.0 Å². The van der Waals surface area contributed by atoms with E-state index in [0.717, 1.165) is 0 Å². The second-order valence-electron chi connectivity index (χ2n) is 5.06. The summed E-state index contributed by atoms with van der Waals surface area (Å²) in [4.78, 5) is 11.8. The summed E-state index contributed by atoms with van der Waals surface area (Å²) in [5, 5.41) is 3.12. The average Bonchev–Trinajstić information content (AvgIpc) is 2.78. The van der Waals surface area contributed by atoms with Gasteiger partial charge in [-0.3, -0.25) is 4.79 Å². The van der Waals surface area contributed by atoms with Gasteiger partial charge in [-0.25, -0.2) is 0 Å². The van der Waals surface area contributed by atoms with Gasteiger partial charge in [-0.2, -0.15) is 13.2 Å². The van der Waals surface area contributed by atoms with Crippen molar-refractivity contribution in [3.8, 4) is 0 Å². The summed E-state index contributed by atoms with van der Waals surface area (Å²) in [6, 6.07) is 0. The predicted molar refractivity (Wildman–Crippen MR) is 67.3 cm³/mol. The zero-order chi connectivity index (χ0) is 15.2. The Balaban J connectivity index is 2.39. The minimum absolute atomic E-state index is 0.0492. The van der Waals surface area contributed by atoms with Crippen molar-refractivity contribution in [3.05, 3.63) is 0 Å². The average molecular weight is 297 g/mol. The molecule has 118 valence electrons. The number of esters is 1. The number of hydrogen-bond acceptors (Lipinski definition) is 4. The molecule has 1 saturated carbocycles. The Kier molecular flexibility index (Phi) is 6.26. The summed E-state index contributed by atoms with van der Waals surface area (Å²) < 4.78 is 46.3. The van der Waals surface area contributed by atoms with E-state index in [9.17, 15) is 18.0 Å². The monoisotopic (exact) mass is 297 g/mol. The van der Waals surface area contributed by atoms with Gasteiger partial charge in [-0.05, 0) is 25.8 Å². The first-order valence-electron chi connectivity index (χ1n) is 6.85. The molecule has 4 nitrogen and oxygen atoms in total. The number of carbonyl (C=O) groups is 1. The Bertz CT molecular complexity index is 322. The quantitative estimate of drug-likeness (QED) is 0.579. The topological polar surface area (TPSA) is 47.6 Å².